The Bertz CT molecular complexity index is 421. The number of aryl methyl sites for hydroxylation is 1. The number of allylic oxidation sites excluding steroid dienone is 2. The zero-order valence-electron chi connectivity index (χ0n) is 10.9. The summed E-state index contributed by atoms with van der Waals surface area (Å²) in [6, 6.07) is 8.06. The molecule has 17 heavy (non-hydrogen) atoms. The Hall–Kier alpha value is -1.57. The van der Waals surface area contributed by atoms with Crippen LogP contribution in [0, 0.1) is 6.92 Å². The molecule has 0 aliphatic heterocycles. The molecule has 0 saturated heterocycles. The largest absolute Gasteiger partial charge is 0.402 e. The van der Waals surface area contributed by atoms with Crippen LogP contribution in [-0.4, -0.2) is 5.78 Å². The van der Waals surface area contributed by atoms with E-state index in [0.717, 1.165) is 18.4 Å². The van der Waals surface area contributed by atoms with Gasteiger partial charge in [-0.05, 0) is 30.9 Å². The van der Waals surface area contributed by atoms with Gasteiger partial charge in [-0.15, -0.1) is 0 Å². The third kappa shape index (κ3) is 3.19. The topological polar surface area (TPSA) is 43.1 Å². The SMILES string of the molecule is CC.Cc1ccccc1C1CCC(N)=CC1=O. The predicted molar refractivity (Wildman–Crippen MR) is 71.8 cm³/mol. The van der Waals surface area contributed by atoms with E-state index in [-0.39, 0.29) is 11.7 Å². The number of hydrogen-bond donors (Lipinski definition) is 1. The molecule has 2 N–H and O–H groups in total. The maximum Gasteiger partial charge on any atom is 0.164 e. The van der Waals surface area contributed by atoms with Crippen molar-refractivity contribution < 1.29 is 4.79 Å². The molecule has 1 aliphatic carbocycles. The van der Waals surface area contributed by atoms with E-state index in [1.165, 1.54) is 5.56 Å². The van der Waals surface area contributed by atoms with Crippen LogP contribution in [0.3, 0.4) is 0 Å². The van der Waals surface area contributed by atoms with Gasteiger partial charge in [0.05, 0.1) is 0 Å². The van der Waals surface area contributed by atoms with Gasteiger partial charge in [0.1, 0.15) is 0 Å². The monoisotopic (exact) mass is 231 g/mol. The third-order valence-electron chi connectivity index (χ3n) is 2.96. The first kappa shape index (κ1) is 13.5. The minimum absolute atomic E-state index is 0.0125. The van der Waals surface area contributed by atoms with Crippen LogP contribution in [0.25, 0.3) is 0 Å². The van der Waals surface area contributed by atoms with Crippen molar-refractivity contribution in [3.63, 3.8) is 0 Å². The van der Waals surface area contributed by atoms with Crippen LogP contribution in [0.2, 0.25) is 0 Å². The first-order valence-electron chi connectivity index (χ1n) is 6.24. The van der Waals surface area contributed by atoms with Crippen LogP contribution >= 0.6 is 0 Å². The molecule has 0 saturated carbocycles. The second-order valence-electron chi connectivity index (χ2n) is 4.07. The summed E-state index contributed by atoms with van der Waals surface area (Å²) in [5.74, 6) is 0.159. The molecule has 1 aromatic rings. The van der Waals surface area contributed by atoms with Crippen molar-refractivity contribution in [2.24, 2.45) is 5.73 Å². The summed E-state index contributed by atoms with van der Waals surface area (Å²) in [4.78, 5) is 11.8. The first-order chi connectivity index (χ1) is 8.18. The van der Waals surface area contributed by atoms with Gasteiger partial charge in [0.2, 0.25) is 0 Å². The van der Waals surface area contributed by atoms with E-state index in [1.54, 1.807) is 6.08 Å². The standard InChI is InChI=1S/C13H15NO.C2H6/c1-9-4-2-3-5-11(9)12-7-6-10(14)8-13(12)15;1-2/h2-5,8,12H,6-7,14H2,1H3;1-2H3. The molecule has 1 unspecified atom stereocenters. The van der Waals surface area contributed by atoms with Crippen molar-refractivity contribution in [3.8, 4) is 0 Å². The lowest BCUT2D eigenvalue weighted by atomic mass is 9.84. The lowest BCUT2D eigenvalue weighted by molar-refractivity contribution is -0.116. The Kier molecular flexibility index (Phi) is 4.95. The highest BCUT2D eigenvalue weighted by atomic mass is 16.1. The van der Waals surface area contributed by atoms with E-state index in [0.29, 0.717) is 5.70 Å². The average Bonchev–Trinajstić information content (AvgIpc) is 2.33. The smallest absolute Gasteiger partial charge is 0.164 e. The van der Waals surface area contributed by atoms with Gasteiger partial charge in [0.25, 0.3) is 0 Å². The number of nitrogens with two attached hydrogens (primary N) is 1. The quantitative estimate of drug-likeness (QED) is 0.805. The van der Waals surface area contributed by atoms with Crippen molar-refractivity contribution in [2.75, 3.05) is 0 Å². The number of benzene rings is 1. The average molecular weight is 231 g/mol. The van der Waals surface area contributed by atoms with Gasteiger partial charge in [-0.25, -0.2) is 0 Å². The summed E-state index contributed by atoms with van der Waals surface area (Å²) in [5, 5.41) is 0. The molecule has 2 rings (SSSR count). The van der Waals surface area contributed by atoms with Crippen LogP contribution in [0.15, 0.2) is 36.0 Å². The van der Waals surface area contributed by atoms with Gasteiger partial charge in [-0.3, -0.25) is 4.79 Å². The van der Waals surface area contributed by atoms with E-state index in [1.807, 2.05) is 45.0 Å². The molecule has 0 aromatic heterocycles. The number of rotatable bonds is 1. The Labute approximate surface area is 104 Å². The maximum atomic E-state index is 11.8. The van der Waals surface area contributed by atoms with Crippen molar-refractivity contribution in [1.29, 1.82) is 0 Å². The van der Waals surface area contributed by atoms with Gasteiger partial charge in [-0.2, -0.15) is 0 Å². The molecular weight excluding hydrogens is 210 g/mol. The summed E-state index contributed by atoms with van der Waals surface area (Å²) in [6.45, 7) is 6.05. The van der Waals surface area contributed by atoms with E-state index in [4.69, 9.17) is 5.73 Å². The van der Waals surface area contributed by atoms with Gasteiger partial charge >= 0.3 is 0 Å². The van der Waals surface area contributed by atoms with E-state index in [2.05, 4.69) is 0 Å². The van der Waals surface area contributed by atoms with Crippen molar-refractivity contribution >= 4 is 5.78 Å². The molecule has 1 aliphatic rings. The zero-order valence-corrected chi connectivity index (χ0v) is 10.9. The second-order valence-corrected chi connectivity index (χ2v) is 4.07. The molecule has 0 heterocycles. The van der Waals surface area contributed by atoms with Crippen molar-refractivity contribution in [2.45, 2.75) is 39.5 Å². The molecule has 0 spiro atoms. The predicted octanol–water partition coefficient (Wildman–Crippen LogP) is 3.31. The van der Waals surface area contributed by atoms with E-state index < -0.39 is 0 Å². The summed E-state index contributed by atoms with van der Waals surface area (Å²) < 4.78 is 0. The highest BCUT2D eigenvalue weighted by molar-refractivity contribution is 5.96. The van der Waals surface area contributed by atoms with E-state index >= 15 is 0 Å². The fraction of sp³-hybridized carbons (Fsp3) is 0.400. The Morgan fingerprint density at radius 1 is 1.24 bits per heavy atom. The Morgan fingerprint density at radius 3 is 2.47 bits per heavy atom. The van der Waals surface area contributed by atoms with Crippen LogP contribution in [-0.2, 0) is 4.79 Å². The lowest BCUT2D eigenvalue weighted by Gasteiger charge is -2.20. The van der Waals surface area contributed by atoms with Gasteiger partial charge < -0.3 is 5.73 Å². The Balaban J connectivity index is 0.000000686. The minimum atomic E-state index is 0.0125. The molecule has 2 nitrogen and oxygen atoms in total. The fourth-order valence-corrected chi connectivity index (χ4v) is 2.10. The van der Waals surface area contributed by atoms with Crippen molar-refractivity contribution in [1.82, 2.24) is 0 Å². The summed E-state index contributed by atoms with van der Waals surface area (Å²) in [5.41, 5.74) is 8.69. The highest BCUT2D eigenvalue weighted by Crippen LogP contribution is 2.29. The molecule has 1 aromatic carbocycles. The molecule has 0 fully saturated rings. The molecule has 92 valence electrons. The van der Waals surface area contributed by atoms with Crippen LogP contribution in [0.5, 0.6) is 0 Å². The fourth-order valence-electron chi connectivity index (χ4n) is 2.10. The van der Waals surface area contributed by atoms with Crippen molar-refractivity contribution in [3.05, 3.63) is 47.2 Å². The highest BCUT2D eigenvalue weighted by Gasteiger charge is 2.23. The number of carbonyl (C=O) groups excluding carboxylic acids is 1. The molecule has 1 atom stereocenters. The molecule has 0 radical (unpaired) electrons. The number of carbonyl (C=O) groups is 1. The summed E-state index contributed by atoms with van der Waals surface area (Å²) >= 11 is 0. The van der Waals surface area contributed by atoms with Crippen LogP contribution in [0.4, 0.5) is 0 Å². The lowest BCUT2D eigenvalue weighted by Crippen LogP contribution is -2.19. The Morgan fingerprint density at radius 2 is 1.88 bits per heavy atom. The maximum absolute atomic E-state index is 11.8. The summed E-state index contributed by atoms with van der Waals surface area (Å²) in [7, 11) is 0. The normalized spacial score (nSPS) is 19.1. The van der Waals surface area contributed by atoms with Crippen LogP contribution in [0.1, 0.15) is 43.7 Å². The molecule has 0 amide bonds. The number of hydrogen-bond acceptors (Lipinski definition) is 2. The zero-order chi connectivity index (χ0) is 12.8. The summed E-state index contributed by atoms with van der Waals surface area (Å²) in [6.07, 6.45) is 3.25. The number of ketones is 1. The molecular formula is C15H21NO. The first-order valence-corrected chi connectivity index (χ1v) is 6.24. The van der Waals surface area contributed by atoms with Gasteiger partial charge in [0.15, 0.2) is 5.78 Å². The molecule has 2 heteroatoms. The van der Waals surface area contributed by atoms with Gasteiger partial charge in [0, 0.05) is 17.7 Å². The second kappa shape index (κ2) is 6.24. The molecule has 0 bridgehead atoms. The van der Waals surface area contributed by atoms with Crippen LogP contribution < -0.4 is 5.73 Å². The van der Waals surface area contributed by atoms with Gasteiger partial charge in [-0.1, -0.05) is 38.1 Å². The van der Waals surface area contributed by atoms with E-state index in [9.17, 15) is 4.79 Å². The minimum Gasteiger partial charge on any atom is -0.402 e. The third-order valence-corrected chi connectivity index (χ3v) is 2.96.